The van der Waals surface area contributed by atoms with Gasteiger partial charge in [0.05, 0.1) is 12.1 Å². The molecule has 12 nitrogen and oxygen atoms in total. The van der Waals surface area contributed by atoms with Crippen LogP contribution in [0.15, 0.2) is 24.3 Å². The monoisotopic (exact) mass is 694 g/mol. The van der Waals surface area contributed by atoms with Crippen molar-refractivity contribution in [2.45, 2.75) is 117 Å². The zero-order valence-corrected chi connectivity index (χ0v) is 30.9. The van der Waals surface area contributed by atoms with Crippen LogP contribution in [0.1, 0.15) is 103 Å². The van der Waals surface area contributed by atoms with E-state index in [9.17, 15) is 28.8 Å². The summed E-state index contributed by atoms with van der Waals surface area (Å²) >= 11 is 0. The Morgan fingerprint density at radius 2 is 1.50 bits per heavy atom. The van der Waals surface area contributed by atoms with E-state index in [4.69, 9.17) is 5.73 Å². The zero-order chi connectivity index (χ0) is 36.9. The van der Waals surface area contributed by atoms with E-state index in [0.717, 1.165) is 50.6 Å². The lowest BCUT2D eigenvalue weighted by Gasteiger charge is -2.36. The molecule has 276 valence electrons. The summed E-state index contributed by atoms with van der Waals surface area (Å²) in [5.41, 5.74) is 6.02. The van der Waals surface area contributed by atoms with Crippen molar-refractivity contribution in [3.63, 3.8) is 0 Å². The molecule has 0 aromatic heterocycles. The van der Waals surface area contributed by atoms with Crippen LogP contribution in [0.3, 0.4) is 0 Å². The number of hydrogen-bond acceptors (Lipinski definition) is 7. The van der Waals surface area contributed by atoms with Gasteiger partial charge < -0.3 is 31.5 Å². The van der Waals surface area contributed by atoms with E-state index in [1.165, 1.54) is 4.90 Å². The van der Waals surface area contributed by atoms with E-state index < -0.39 is 59.1 Å². The first-order valence-corrected chi connectivity index (χ1v) is 18.3. The standard InChI is InChI=1S/C38H58N6O6/c1-22(2)26-20-29(35(48)40-28(19-23-13-14-23)32(46)34(39)47)44(21-26)36(49)33(38(3,4)5)42-37(50)41-30(24-11-9-8-10-12-24)31(45)25-15-17-27(18-16-25)43(6)7/h15-18,22-24,26,28-30,33H,8-14,19-21H2,1-7H3,(H2,39,47)(H,40,48)(H2,41,42,50)/t26-,28?,29+,30+,33-/m1/s1. The van der Waals surface area contributed by atoms with Crippen LogP contribution in [0.2, 0.25) is 0 Å². The van der Waals surface area contributed by atoms with Gasteiger partial charge in [-0.25, -0.2) is 4.79 Å². The van der Waals surface area contributed by atoms with Crippen LogP contribution >= 0.6 is 0 Å². The van der Waals surface area contributed by atoms with Crippen LogP contribution < -0.4 is 26.6 Å². The molecular formula is C38H58N6O6. The Bertz CT molecular complexity index is 1410. The van der Waals surface area contributed by atoms with Crippen LogP contribution in [0, 0.1) is 29.1 Å². The van der Waals surface area contributed by atoms with E-state index in [1.54, 1.807) is 12.1 Å². The number of ketones is 2. The van der Waals surface area contributed by atoms with Gasteiger partial charge in [-0.05, 0) is 79.0 Å². The predicted molar refractivity (Wildman–Crippen MR) is 192 cm³/mol. The highest BCUT2D eigenvalue weighted by Crippen LogP contribution is 2.35. The van der Waals surface area contributed by atoms with Crippen molar-refractivity contribution >= 4 is 41.0 Å². The van der Waals surface area contributed by atoms with Gasteiger partial charge in [0.2, 0.25) is 17.6 Å². The van der Waals surface area contributed by atoms with Crippen molar-refractivity contribution in [2.24, 2.45) is 34.8 Å². The predicted octanol–water partition coefficient (Wildman–Crippen LogP) is 3.81. The number of amides is 5. The second-order valence-electron chi connectivity index (χ2n) is 16.3. The summed E-state index contributed by atoms with van der Waals surface area (Å²) < 4.78 is 0. The Morgan fingerprint density at radius 3 is 2.02 bits per heavy atom. The molecule has 5 amide bonds. The van der Waals surface area contributed by atoms with Crippen molar-refractivity contribution in [2.75, 3.05) is 25.5 Å². The molecule has 4 rings (SSSR count). The summed E-state index contributed by atoms with van der Waals surface area (Å²) in [7, 11) is 3.86. The third-order valence-electron chi connectivity index (χ3n) is 10.8. The van der Waals surface area contributed by atoms with Crippen LogP contribution in [0.5, 0.6) is 0 Å². The summed E-state index contributed by atoms with van der Waals surface area (Å²) in [6.45, 7) is 9.89. The van der Waals surface area contributed by atoms with Gasteiger partial charge in [0.15, 0.2) is 5.78 Å². The summed E-state index contributed by atoms with van der Waals surface area (Å²) in [6, 6.07) is 2.97. The molecule has 3 aliphatic rings. The van der Waals surface area contributed by atoms with Crippen molar-refractivity contribution in [1.82, 2.24) is 20.9 Å². The lowest BCUT2D eigenvalue weighted by molar-refractivity contribution is -0.143. The van der Waals surface area contributed by atoms with E-state index >= 15 is 0 Å². The molecule has 0 radical (unpaired) electrons. The fourth-order valence-corrected chi connectivity index (χ4v) is 7.30. The van der Waals surface area contributed by atoms with E-state index in [2.05, 4.69) is 16.0 Å². The summed E-state index contributed by atoms with van der Waals surface area (Å²) in [4.78, 5) is 83.9. The highest BCUT2D eigenvalue weighted by atomic mass is 16.2. The van der Waals surface area contributed by atoms with Gasteiger partial charge in [-0.1, -0.05) is 66.7 Å². The largest absolute Gasteiger partial charge is 0.378 e. The molecule has 0 spiro atoms. The zero-order valence-electron chi connectivity index (χ0n) is 30.9. The number of nitrogens with one attached hydrogen (secondary N) is 3. The second kappa shape index (κ2) is 16.4. The maximum Gasteiger partial charge on any atom is 0.316 e. The molecule has 1 aromatic rings. The molecule has 1 heterocycles. The molecular weight excluding hydrogens is 636 g/mol. The third-order valence-corrected chi connectivity index (χ3v) is 10.8. The number of anilines is 1. The number of rotatable bonds is 14. The van der Waals surface area contributed by atoms with Crippen molar-refractivity contribution in [3.8, 4) is 0 Å². The Kier molecular flexibility index (Phi) is 12.7. The molecule has 1 unspecified atom stereocenters. The number of carbonyl (C=O) groups is 6. The number of carbonyl (C=O) groups excluding carboxylic acids is 6. The minimum atomic E-state index is -1.10. The average molecular weight is 695 g/mol. The Balaban J connectivity index is 1.55. The number of Topliss-reactive ketones (excluding diaryl/α,β-unsaturated/α-hetero) is 2. The maximum atomic E-state index is 14.4. The van der Waals surface area contributed by atoms with Crippen LogP contribution in [0.25, 0.3) is 0 Å². The minimum absolute atomic E-state index is 0.00468. The van der Waals surface area contributed by atoms with Gasteiger partial charge in [-0.3, -0.25) is 24.0 Å². The molecule has 12 heteroatoms. The van der Waals surface area contributed by atoms with Gasteiger partial charge in [-0.2, -0.15) is 0 Å². The lowest BCUT2D eigenvalue weighted by atomic mass is 9.81. The molecule has 5 N–H and O–H groups in total. The molecule has 1 aliphatic heterocycles. The molecule has 2 aliphatic carbocycles. The molecule has 1 aromatic carbocycles. The molecule has 50 heavy (non-hydrogen) atoms. The lowest BCUT2D eigenvalue weighted by Crippen LogP contribution is -2.61. The molecule has 5 atom stereocenters. The Morgan fingerprint density at radius 1 is 0.880 bits per heavy atom. The van der Waals surface area contributed by atoms with E-state index in [0.29, 0.717) is 24.9 Å². The first kappa shape index (κ1) is 38.8. The number of benzene rings is 1. The van der Waals surface area contributed by atoms with Crippen LogP contribution in [-0.4, -0.2) is 85.0 Å². The molecule has 2 saturated carbocycles. The Hall–Kier alpha value is -3.96. The Labute approximate surface area is 297 Å². The number of primary amides is 1. The van der Waals surface area contributed by atoms with Crippen molar-refractivity contribution in [1.29, 1.82) is 0 Å². The van der Waals surface area contributed by atoms with Crippen molar-refractivity contribution in [3.05, 3.63) is 29.8 Å². The normalized spacial score (nSPS) is 21.6. The third kappa shape index (κ3) is 9.84. The van der Waals surface area contributed by atoms with Crippen LogP contribution in [-0.2, 0) is 19.2 Å². The fourth-order valence-electron chi connectivity index (χ4n) is 7.30. The van der Waals surface area contributed by atoms with Gasteiger partial charge in [0.25, 0.3) is 5.91 Å². The highest BCUT2D eigenvalue weighted by molar-refractivity contribution is 6.37. The van der Waals surface area contributed by atoms with E-state index in [-0.39, 0.29) is 29.5 Å². The highest BCUT2D eigenvalue weighted by Gasteiger charge is 2.47. The molecule has 1 saturated heterocycles. The quantitative estimate of drug-likeness (QED) is 0.169. The SMILES string of the molecule is CC(C)[C@@H]1C[C@@H](C(=O)NC(CC2CC2)C(=O)C(N)=O)N(C(=O)[C@@H](NC(=O)N[C@H](C(=O)c2ccc(N(C)C)cc2)C2CCCCC2)C(C)(C)C)C1. The molecule has 3 fully saturated rings. The number of urea groups is 1. The van der Waals surface area contributed by atoms with Gasteiger partial charge in [-0.15, -0.1) is 0 Å². The minimum Gasteiger partial charge on any atom is -0.378 e. The fraction of sp³-hybridized carbons (Fsp3) is 0.684. The maximum absolute atomic E-state index is 14.4. The average Bonchev–Trinajstić information content (AvgIpc) is 3.77. The second-order valence-corrected chi connectivity index (χ2v) is 16.3. The molecule has 0 bridgehead atoms. The number of nitrogens with zero attached hydrogens (tertiary/aromatic N) is 2. The number of likely N-dealkylation sites (tertiary alicyclic amines) is 1. The summed E-state index contributed by atoms with van der Waals surface area (Å²) in [5.74, 6) is -2.68. The van der Waals surface area contributed by atoms with Gasteiger partial charge in [0, 0.05) is 31.9 Å². The first-order chi connectivity index (χ1) is 23.5. The van der Waals surface area contributed by atoms with Crippen LogP contribution in [0.4, 0.5) is 10.5 Å². The van der Waals surface area contributed by atoms with E-state index in [1.807, 2.05) is 65.7 Å². The summed E-state index contributed by atoms with van der Waals surface area (Å²) in [5, 5.41) is 8.61. The topological polar surface area (TPSA) is 171 Å². The number of hydrogen-bond donors (Lipinski definition) is 4. The first-order valence-electron chi connectivity index (χ1n) is 18.3. The van der Waals surface area contributed by atoms with Gasteiger partial charge >= 0.3 is 6.03 Å². The van der Waals surface area contributed by atoms with Gasteiger partial charge in [0.1, 0.15) is 12.1 Å². The summed E-state index contributed by atoms with van der Waals surface area (Å²) in [6.07, 6.45) is 7.20. The van der Waals surface area contributed by atoms with Crippen molar-refractivity contribution < 1.29 is 28.8 Å². The number of nitrogens with two attached hydrogens (primary N) is 1. The smallest absolute Gasteiger partial charge is 0.316 e.